The fourth-order valence-electron chi connectivity index (χ4n) is 1.81. The van der Waals surface area contributed by atoms with E-state index in [0.717, 1.165) is 19.3 Å². The lowest BCUT2D eigenvalue weighted by molar-refractivity contribution is -0.384. The molecule has 1 aromatic carbocycles. The van der Waals surface area contributed by atoms with Crippen LogP contribution in [0.3, 0.4) is 0 Å². The van der Waals surface area contributed by atoms with Crippen LogP contribution in [-0.2, 0) is 4.84 Å². The first-order valence-corrected chi connectivity index (χ1v) is 6.04. The predicted octanol–water partition coefficient (Wildman–Crippen LogP) is 2.51. The zero-order valence-corrected chi connectivity index (χ0v) is 10.3. The molecular formula is C12H14N2O5. The number of nitro benzene ring substituents is 1. The van der Waals surface area contributed by atoms with Crippen molar-refractivity contribution in [2.45, 2.75) is 19.3 Å². The number of carbonyl (C=O) groups excluding carboxylic acids is 1. The van der Waals surface area contributed by atoms with Crippen molar-refractivity contribution in [3.05, 3.63) is 34.4 Å². The number of piperidine rings is 1. The van der Waals surface area contributed by atoms with Gasteiger partial charge >= 0.3 is 6.16 Å². The summed E-state index contributed by atoms with van der Waals surface area (Å²) in [5, 5.41) is 12.0. The smallest absolute Gasteiger partial charge is 0.394 e. The maximum Gasteiger partial charge on any atom is 0.533 e. The molecule has 0 aromatic heterocycles. The molecule has 0 saturated carbocycles. The molecule has 2 rings (SSSR count). The van der Waals surface area contributed by atoms with Gasteiger partial charge in [0.1, 0.15) is 5.75 Å². The monoisotopic (exact) mass is 266 g/mol. The molecule has 7 heteroatoms. The second kappa shape index (κ2) is 6.14. The van der Waals surface area contributed by atoms with Crippen LogP contribution >= 0.6 is 0 Å². The number of rotatable bonds is 3. The van der Waals surface area contributed by atoms with Gasteiger partial charge in [0.05, 0.1) is 4.92 Å². The molecule has 0 amide bonds. The molecule has 1 aliphatic rings. The van der Waals surface area contributed by atoms with E-state index < -0.39 is 11.1 Å². The fourth-order valence-corrected chi connectivity index (χ4v) is 1.81. The maximum absolute atomic E-state index is 11.5. The molecule has 19 heavy (non-hydrogen) atoms. The van der Waals surface area contributed by atoms with E-state index in [1.54, 1.807) is 5.06 Å². The molecule has 0 spiro atoms. The molecule has 0 N–H and O–H groups in total. The summed E-state index contributed by atoms with van der Waals surface area (Å²) in [6.45, 7) is 1.41. The SMILES string of the molecule is O=C(Oc1ccc([N+](=O)[O-])cc1)ON1CCCCC1. The first-order chi connectivity index (χ1) is 9.15. The van der Waals surface area contributed by atoms with Crippen molar-refractivity contribution in [2.75, 3.05) is 13.1 Å². The Morgan fingerprint density at radius 1 is 1.16 bits per heavy atom. The van der Waals surface area contributed by atoms with Crippen molar-refractivity contribution in [1.29, 1.82) is 0 Å². The molecule has 0 unspecified atom stereocenters. The van der Waals surface area contributed by atoms with Crippen LogP contribution in [0.1, 0.15) is 19.3 Å². The molecule has 1 aromatic rings. The highest BCUT2D eigenvalue weighted by Crippen LogP contribution is 2.18. The third-order valence-corrected chi connectivity index (χ3v) is 2.77. The van der Waals surface area contributed by atoms with E-state index in [-0.39, 0.29) is 11.4 Å². The lowest BCUT2D eigenvalue weighted by Gasteiger charge is -2.24. The molecular weight excluding hydrogens is 252 g/mol. The van der Waals surface area contributed by atoms with Crippen LogP contribution < -0.4 is 4.74 Å². The molecule has 1 fully saturated rings. The Morgan fingerprint density at radius 3 is 2.37 bits per heavy atom. The van der Waals surface area contributed by atoms with Crippen LogP contribution in [0.5, 0.6) is 5.75 Å². The third-order valence-electron chi connectivity index (χ3n) is 2.77. The summed E-state index contributed by atoms with van der Waals surface area (Å²) in [6.07, 6.45) is 2.29. The Kier molecular flexibility index (Phi) is 4.30. The van der Waals surface area contributed by atoms with Crippen molar-refractivity contribution in [3.8, 4) is 5.75 Å². The average molecular weight is 266 g/mol. The molecule has 1 heterocycles. The average Bonchev–Trinajstić information content (AvgIpc) is 2.40. The summed E-state index contributed by atoms with van der Waals surface area (Å²) in [4.78, 5) is 26.4. The molecule has 0 atom stereocenters. The van der Waals surface area contributed by atoms with E-state index in [0.29, 0.717) is 13.1 Å². The molecule has 1 saturated heterocycles. The first-order valence-electron chi connectivity index (χ1n) is 6.04. The number of hydrogen-bond donors (Lipinski definition) is 0. The van der Waals surface area contributed by atoms with Crippen LogP contribution in [-0.4, -0.2) is 29.2 Å². The van der Waals surface area contributed by atoms with Crippen molar-refractivity contribution < 1.29 is 19.3 Å². The summed E-state index contributed by atoms with van der Waals surface area (Å²) >= 11 is 0. The van der Waals surface area contributed by atoms with Crippen molar-refractivity contribution in [2.24, 2.45) is 0 Å². The predicted molar refractivity (Wildman–Crippen MR) is 65.6 cm³/mol. The number of ether oxygens (including phenoxy) is 1. The van der Waals surface area contributed by atoms with E-state index in [1.807, 2.05) is 0 Å². The van der Waals surface area contributed by atoms with Gasteiger partial charge in [0, 0.05) is 25.2 Å². The summed E-state index contributed by atoms with van der Waals surface area (Å²) in [5.74, 6) is 0.215. The standard InChI is InChI=1S/C12H14N2O5/c15-12(19-13-8-2-1-3-9-13)18-11-6-4-10(5-7-11)14(16)17/h4-7H,1-3,8-9H2. The van der Waals surface area contributed by atoms with Crippen LogP contribution in [0.2, 0.25) is 0 Å². The van der Waals surface area contributed by atoms with Crippen LogP contribution in [0.15, 0.2) is 24.3 Å². The van der Waals surface area contributed by atoms with Gasteiger partial charge in [-0.05, 0) is 25.0 Å². The Hall–Kier alpha value is -2.15. The molecule has 0 bridgehead atoms. The van der Waals surface area contributed by atoms with Crippen molar-refractivity contribution >= 4 is 11.8 Å². The third kappa shape index (κ3) is 3.92. The number of carbonyl (C=O) groups is 1. The second-order valence-corrected chi connectivity index (χ2v) is 4.18. The van der Waals surface area contributed by atoms with Gasteiger partial charge in [-0.1, -0.05) is 6.42 Å². The number of nitro groups is 1. The highest BCUT2D eigenvalue weighted by atomic mass is 16.8. The summed E-state index contributed by atoms with van der Waals surface area (Å²) < 4.78 is 4.93. The zero-order valence-electron chi connectivity index (χ0n) is 10.3. The largest absolute Gasteiger partial charge is 0.533 e. The fraction of sp³-hybridized carbons (Fsp3) is 0.417. The topological polar surface area (TPSA) is 81.9 Å². The summed E-state index contributed by atoms with van der Waals surface area (Å²) in [5.41, 5.74) is -0.0586. The van der Waals surface area contributed by atoms with Crippen molar-refractivity contribution in [3.63, 3.8) is 0 Å². The quantitative estimate of drug-likeness (QED) is 0.362. The van der Waals surface area contributed by atoms with E-state index in [2.05, 4.69) is 0 Å². The van der Waals surface area contributed by atoms with Gasteiger partial charge in [0.2, 0.25) is 0 Å². The Labute approximate surface area is 109 Å². The Bertz CT molecular complexity index is 454. The Morgan fingerprint density at radius 2 is 1.79 bits per heavy atom. The number of hydrogen-bond acceptors (Lipinski definition) is 6. The molecule has 0 radical (unpaired) electrons. The summed E-state index contributed by atoms with van der Waals surface area (Å²) in [6, 6.07) is 5.25. The van der Waals surface area contributed by atoms with Gasteiger partial charge < -0.3 is 9.57 Å². The van der Waals surface area contributed by atoms with E-state index in [9.17, 15) is 14.9 Å². The van der Waals surface area contributed by atoms with Gasteiger partial charge in [-0.15, -0.1) is 5.06 Å². The molecule has 102 valence electrons. The van der Waals surface area contributed by atoms with Crippen molar-refractivity contribution in [1.82, 2.24) is 5.06 Å². The number of benzene rings is 1. The van der Waals surface area contributed by atoms with E-state index in [1.165, 1.54) is 24.3 Å². The van der Waals surface area contributed by atoms with Crippen LogP contribution in [0.25, 0.3) is 0 Å². The minimum absolute atomic E-state index is 0.0586. The highest BCUT2D eigenvalue weighted by molar-refractivity contribution is 5.63. The first kappa shape index (κ1) is 13.3. The van der Waals surface area contributed by atoms with Gasteiger partial charge in [-0.3, -0.25) is 10.1 Å². The van der Waals surface area contributed by atoms with Gasteiger partial charge in [-0.25, -0.2) is 4.79 Å². The normalized spacial score (nSPS) is 15.8. The number of non-ortho nitro benzene ring substituents is 1. The summed E-state index contributed by atoms with van der Waals surface area (Å²) in [7, 11) is 0. The van der Waals surface area contributed by atoms with Gasteiger partial charge in [0.25, 0.3) is 5.69 Å². The van der Waals surface area contributed by atoms with E-state index >= 15 is 0 Å². The van der Waals surface area contributed by atoms with E-state index in [4.69, 9.17) is 9.57 Å². The number of nitrogens with zero attached hydrogens (tertiary/aromatic N) is 2. The van der Waals surface area contributed by atoms with Gasteiger partial charge in [0.15, 0.2) is 0 Å². The second-order valence-electron chi connectivity index (χ2n) is 4.18. The lowest BCUT2D eigenvalue weighted by Crippen LogP contribution is -2.33. The minimum atomic E-state index is -0.823. The molecule has 0 aliphatic carbocycles. The lowest BCUT2D eigenvalue weighted by atomic mass is 10.2. The zero-order chi connectivity index (χ0) is 13.7. The highest BCUT2D eigenvalue weighted by Gasteiger charge is 2.16. The molecule has 7 nitrogen and oxygen atoms in total. The molecule has 1 aliphatic heterocycles. The van der Waals surface area contributed by atoms with Gasteiger partial charge in [-0.2, -0.15) is 0 Å². The van der Waals surface area contributed by atoms with Crippen LogP contribution in [0, 0.1) is 10.1 Å². The number of hydroxylamine groups is 2. The Balaban J connectivity index is 1.85. The minimum Gasteiger partial charge on any atom is -0.394 e. The van der Waals surface area contributed by atoms with Crippen LogP contribution in [0.4, 0.5) is 10.5 Å². The maximum atomic E-state index is 11.5.